The lowest BCUT2D eigenvalue weighted by Crippen LogP contribution is -2.60. The number of aliphatic carboxylic acids is 1. The van der Waals surface area contributed by atoms with Gasteiger partial charge >= 0.3 is 5.97 Å². The van der Waals surface area contributed by atoms with E-state index in [-0.39, 0.29) is 48.8 Å². The predicted octanol–water partition coefficient (Wildman–Crippen LogP) is 1.49. The van der Waals surface area contributed by atoms with Crippen LogP contribution in [0.15, 0.2) is 30.3 Å². The van der Waals surface area contributed by atoms with Gasteiger partial charge < -0.3 is 31.3 Å². The number of hydrogen-bond donors (Lipinski definition) is 6. The van der Waals surface area contributed by atoms with Gasteiger partial charge in [0, 0.05) is 25.8 Å². The Hall–Kier alpha value is -5.22. The summed E-state index contributed by atoms with van der Waals surface area (Å²) >= 11 is 0. The number of fused-ring (bicyclic) bond motifs is 1. The smallest absolute Gasteiger partial charge is 0.326 e. The van der Waals surface area contributed by atoms with E-state index in [0.29, 0.717) is 50.0 Å². The molecule has 1 aromatic carbocycles. The molecule has 17 nitrogen and oxygen atoms in total. The third-order valence-corrected chi connectivity index (χ3v) is 10.7. The van der Waals surface area contributed by atoms with Crippen LogP contribution in [-0.4, -0.2) is 109 Å². The molecule has 0 spiro atoms. The number of unbranched alkanes of at least 4 members (excludes halogenated alkanes) is 1. The highest BCUT2D eigenvalue weighted by Gasteiger charge is 2.51. The van der Waals surface area contributed by atoms with Gasteiger partial charge in [-0.25, -0.2) is 9.89 Å². The van der Waals surface area contributed by atoms with Crippen molar-refractivity contribution < 1.29 is 38.7 Å². The highest BCUT2D eigenvalue weighted by Crippen LogP contribution is 2.42. The Balaban J connectivity index is 1.43. The van der Waals surface area contributed by atoms with E-state index in [1.165, 1.54) is 4.90 Å². The average molecular weight is 780 g/mol. The van der Waals surface area contributed by atoms with E-state index in [9.17, 15) is 38.7 Å². The summed E-state index contributed by atoms with van der Waals surface area (Å²) in [6.45, 7) is 9.27. The number of carboxylic acid groups (broad SMARTS) is 1. The Morgan fingerprint density at radius 3 is 2.23 bits per heavy atom. The van der Waals surface area contributed by atoms with Gasteiger partial charge in [0.25, 0.3) is 5.91 Å². The molecule has 2 heterocycles. The summed E-state index contributed by atoms with van der Waals surface area (Å²) in [5.41, 5.74) is 0.660. The van der Waals surface area contributed by atoms with Gasteiger partial charge in [-0.3, -0.25) is 28.8 Å². The number of hydrogen-bond acceptors (Lipinski definition) is 10. The minimum absolute atomic E-state index is 0.0380. The van der Waals surface area contributed by atoms with Crippen LogP contribution in [-0.2, 0) is 46.4 Å². The molecule has 56 heavy (non-hydrogen) atoms. The Labute approximate surface area is 327 Å². The monoisotopic (exact) mass is 779 g/mol. The van der Waals surface area contributed by atoms with Gasteiger partial charge in [0.2, 0.25) is 29.4 Å². The maximum Gasteiger partial charge on any atom is 0.326 e. The van der Waals surface area contributed by atoms with Crippen molar-refractivity contribution in [1.29, 1.82) is 0 Å². The van der Waals surface area contributed by atoms with E-state index in [1.807, 2.05) is 0 Å². The molecule has 0 radical (unpaired) electrons. The molecule has 306 valence electrons. The van der Waals surface area contributed by atoms with Gasteiger partial charge in [0.1, 0.15) is 30.0 Å². The molecule has 1 unspecified atom stereocenters. The second-order valence-electron chi connectivity index (χ2n) is 15.6. The van der Waals surface area contributed by atoms with Crippen molar-refractivity contribution in [3.63, 3.8) is 0 Å². The number of likely N-dealkylation sites (tertiary alicyclic amines) is 1. The molecule has 1 saturated carbocycles. The number of aromatic amines is 1. The average Bonchev–Trinajstić information content (AvgIpc) is 3.92. The van der Waals surface area contributed by atoms with Crippen molar-refractivity contribution in [3.05, 3.63) is 41.7 Å². The number of rotatable bonds is 21. The van der Waals surface area contributed by atoms with Crippen molar-refractivity contribution in [2.24, 2.45) is 23.7 Å². The van der Waals surface area contributed by atoms with Crippen molar-refractivity contribution in [2.45, 2.75) is 129 Å². The van der Waals surface area contributed by atoms with Crippen LogP contribution in [0, 0.1) is 23.7 Å². The minimum atomic E-state index is -1.37. The fourth-order valence-corrected chi connectivity index (χ4v) is 7.70. The Bertz CT molecular complexity index is 1670. The molecule has 6 N–H and O–H groups in total. The lowest BCUT2D eigenvalue weighted by atomic mass is 9.92. The van der Waals surface area contributed by atoms with Gasteiger partial charge in [-0.15, -0.1) is 5.10 Å². The summed E-state index contributed by atoms with van der Waals surface area (Å²) in [5, 5.41) is 34.1. The summed E-state index contributed by atoms with van der Waals surface area (Å²) in [6, 6.07) is 3.22. The van der Waals surface area contributed by atoms with Gasteiger partial charge in [-0.05, 0) is 71.8 Å². The molecular formula is C39H57N9O8. The number of carbonyl (C=O) groups is 7. The first kappa shape index (κ1) is 43.5. The van der Waals surface area contributed by atoms with E-state index >= 15 is 0 Å². The minimum Gasteiger partial charge on any atom is -0.480 e. The quantitative estimate of drug-likeness (QED) is 0.0783. The standard InChI is InChI=1S/C39H57N9O8/c1-6-13-27(34(50)37(53)41-28(39(55)56)20-24-14-8-7-9-15-24)40-36(52)33-26-17-12-16-25(26)21-48(33)38(54)32(23(4)5)43-35(51)31(22(2)3)42-30(49)19-11-10-18-29-44-46-47-45-29/h7-9,14-15,22-23,25-28,31-33H,6,10-13,16-21H2,1-5H3,(H,40,52)(H,41,53)(H,42,49)(H,43,51)(H,55,56)(H,44,45,46,47)/t25-,26-,27?,28+,31+,32-,33-/m0/s1. The Morgan fingerprint density at radius 2 is 1.61 bits per heavy atom. The number of ketones is 1. The molecule has 7 atom stereocenters. The molecule has 1 saturated heterocycles. The third kappa shape index (κ3) is 11.6. The Morgan fingerprint density at radius 1 is 0.893 bits per heavy atom. The topological polar surface area (TPSA) is 246 Å². The number of carbonyl (C=O) groups excluding carboxylic acids is 6. The van der Waals surface area contributed by atoms with Crippen molar-refractivity contribution in [1.82, 2.24) is 46.8 Å². The zero-order valence-electron chi connectivity index (χ0n) is 33.0. The number of H-pyrrole nitrogens is 1. The van der Waals surface area contributed by atoms with E-state index < -0.39 is 65.6 Å². The second kappa shape index (κ2) is 20.6. The summed E-state index contributed by atoms with van der Waals surface area (Å²) in [7, 11) is 0. The van der Waals surface area contributed by atoms with Crippen LogP contribution in [0.3, 0.4) is 0 Å². The molecule has 4 rings (SSSR count). The third-order valence-electron chi connectivity index (χ3n) is 10.7. The van der Waals surface area contributed by atoms with Crippen molar-refractivity contribution >= 4 is 41.3 Å². The molecule has 2 fully saturated rings. The van der Waals surface area contributed by atoms with Crippen molar-refractivity contribution in [3.8, 4) is 0 Å². The van der Waals surface area contributed by atoms with Crippen LogP contribution < -0.4 is 21.3 Å². The van der Waals surface area contributed by atoms with Gasteiger partial charge in [-0.2, -0.15) is 0 Å². The van der Waals surface area contributed by atoms with Gasteiger partial charge in [0.05, 0.1) is 6.04 Å². The largest absolute Gasteiger partial charge is 0.480 e. The molecule has 17 heteroatoms. The van der Waals surface area contributed by atoms with E-state index in [1.54, 1.807) is 65.0 Å². The van der Waals surface area contributed by atoms with Crippen LogP contribution in [0.1, 0.15) is 97.4 Å². The maximum atomic E-state index is 14.4. The molecule has 2 aromatic rings. The lowest BCUT2D eigenvalue weighted by Gasteiger charge is -2.34. The first-order valence-electron chi connectivity index (χ1n) is 19.8. The van der Waals surface area contributed by atoms with Gasteiger partial charge in [-0.1, -0.05) is 77.8 Å². The van der Waals surface area contributed by atoms with Gasteiger partial charge in [0.15, 0.2) is 0 Å². The fraction of sp³-hybridized carbons (Fsp3) is 0.641. The molecule has 5 amide bonds. The molecule has 1 aliphatic heterocycles. The van der Waals surface area contributed by atoms with Crippen LogP contribution in [0.25, 0.3) is 0 Å². The summed E-state index contributed by atoms with van der Waals surface area (Å²) in [5.74, 6) is -5.42. The first-order valence-corrected chi connectivity index (χ1v) is 19.8. The highest BCUT2D eigenvalue weighted by molar-refractivity contribution is 6.38. The van der Waals surface area contributed by atoms with Crippen LogP contribution in [0.4, 0.5) is 0 Å². The molecule has 2 aliphatic rings. The number of amides is 5. The first-order chi connectivity index (χ1) is 26.7. The number of aromatic nitrogens is 4. The van der Waals surface area contributed by atoms with Crippen LogP contribution >= 0.6 is 0 Å². The molecule has 0 bridgehead atoms. The van der Waals surface area contributed by atoms with Crippen LogP contribution in [0.2, 0.25) is 0 Å². The van der Waals surface area contributed by atoms with E-state index in [2.05, 4.69) is 41.9 Å². The number of tetrazole rings is 1. The highest BCUT2D eigenvalue weighted by atomic mass is 16.4. The number of nitrogens with zero attached hydrogens (tertiary/aromatic N) is 4. The number of benzene rings is 1. The second-order valence-corrected chi connectivity index (χ2v) is 15.6. The zero-order chi connectivity index (χ0) is 40.9. The summed E-state index contributed by atoms with van der Waals surface area (Å²) in [6.07, 6.45) is 4.88. The molecular weight excluding hydrogens is 722 g/mol. The Kier molecular flexibility index (Phi) is 16.0. The molecule has 1 aromatic heterocycles. The van der Waals surface area contributed by atoms with Crippen molar-refractivity contribution in [2.75, 3.05) is 6.54 Å². The normalized spacial score (nSPS) is 19.8. The maximum absolute atomic E-state index is 14.4. The number of Topliss-reactive ketones (excluding diaryl/α,β-unsaturated/α-hetero) is 1. The number of aryl methyl sites for hydroxylation is 1. The van der Waals surface area contributed by atoms with E-state index in [0.717, 1.165) is 12.8 Å². The lowest BCUT2D eigenvalue weighted by molar-refractivity contribution is -0.146. The van der Waals surface area contributed by atoms with E-state index in [4.69, 9.17) is 0 Å². The summed E-state index contributed by atoms with van der Waals surface area (Å²) in [4.78, 5) is 95.3. The zero-order valence-corrected chi connectivity index (χ0v) is 33.0. The predicted molar refractivity (Wildman–Crippen MR) is 203 cm³/mol. The SMILES string of the molecule is CCCC(NC(=O)[C@@H]1[C@H]2CCC[C@H]2CN1C(=O)[C@@H](NC(=O)[C@H](NC(=O)CCCCc1nnn[nH]1)C(C)C)C(C)C)C(=O)C(=O)N[C@H](Cc1ccccc1)C(=O)O. The fourth-order valence-electron chi connectivity index (χ4n) is 7.70. The number of nitrogens with one attached hydrogen (secondary N) is 5. The number of carboxylic acids is 1. The summed E-state index contributed by atoms with van der Waals surface area (Å²) < 4.78 is 0. The van der Waals surface area contributed by atoms with Crippen LogP contribution in [0.5, 0.6) is 0 Å². The molecule has 1 aliphatic carbocycles.